The molecule has 1 amide bonds. The maximum atomic E-state index is 13.5. The predicted octanol–water partition coefficient (Wildman–Crippen LogP) is 2.64. The summed E-state index contributed by atoms with van der Waals surface area (Å²) in [6, 6.07) is 16.6. The number of carbonyl (C=O) groups is 1. The van der Waals surface area contributed by atoms with Gasteiger partial charge in [-0.15, -0.1) is 24.0 Å². The zero-order valence-corrected chi connectivity index (χ0v) is 21.5. The van der Waals surface area contributed by atoms with E-state index >= 15 is 0 Å². The van der Waals surface area contributed by atoms with Gasteiger partial charge in [-0.05, 0) is 23.3 Å². The molecule has 1 unspecified atom stereocenters. The number of hydrogen-bond acceptors (Lipinski definition) is 4. The summed E-state index contributed by atoms with van der Waals surface area (Å²) in [5, 5.41) is 6.52. The normalized spacial score (nSPS) is 15.3. The number of likely N-dealkylation sites (N-methyl/N-ethyl adjacent to an activating group) is 1. The lowest BCUT2D eigenvalue weighted by molar-refractivity contribution is -0.127. The van der Waals surface area contributed by atoms with Crippen LogP contribution in [-0.4, -0.2) is 75.2 Å². The van der Waals surface area contributed by atoms with Crippen molar-refractivity contribution in [2.24, 2.45) is 4.99 Å². The minimum Gasteiger partial charge on any atom is -0.379 e. The summed E-state index contributed by atoms with van der Waals surface area (Å²) >= 11 is 0. The molecule has 33 heavy (non-hydrogen) atoms. The molecule has 0 radical (unpaired) electrons. The monoisotopic (exact) mass is 569 g/mol. The fourth-order valence-corrected chi connectivity index (χ4v) is 3.47. The Morgan fingerprint density at radius 3 is 2.39 bits per heavy atom. The largest absolute Gasteiger partial charge is 0.379 e. The van der Waals surface area contributed by atoms with E-state index in [1.807, 2.05) is 42.5 Å². The number of halogens is 2. The molecule has 0 spiro atoms. The first kappa shape index (κ1) is 27.0. The van der Waals surface area contributed by atoms with E-state index in [1.165, 1.54) is 17.0 Å². The van der Waals surface area contributed by atoms with Crippen LogP contribution in [0.1, 0.15) is 17.2 Å². The quantitative estimate of drug-likeness (QED) is 0.291. The molecule has 0 aromatic heterocycles. The Hall–Kier alpha value is -2.24. The van der Waals surface area contributed by atoms with Crippen molar-refractivity contribution in [2.45, 2.75) is 12.6 Å². The third-order valence-electron chi connectivity index (χ3n) is 5.37. The smallest absolute Gasteiger partial charge is 0.241 e. The summed E-state index contributed by atoms with van der Waals surface area (Å²) in [6.07, 6.45) is 0. The van der Waals surface area contributed by atoms with E-state index in [0.717, 1.165) is 24.2 Å². The van der Waals surface area contributed by atoms with E-state index < -0.39 is 0 Å². The van der Waals surface area contributed by atoms with Crippen LogP contribution in [0.3, 0.4) is 0 Å². The van der Waals surface area contributed by atoms with Gasteiger partial charge in [0.15, 0.2) is 5.96 Å². The topological polar surface area (TPSA) is 69.2 Å². The van der Waals surface area contributed by atoms with E-state index in [1.54, 1.807) is 14.1 Å². The minimum absolute atomic E-state index is 0. The zero-order valence-electron chi connectivity index (χ0n) is 19.2. The number of carbonyl (C=O) groups excluding carboxylic acids is 1. The highest BCUT2D eigenvalue weighted by Crippen LogP contribution is 2.21. The maximum absolute atomic E-state index is 13.5. The molecule has 3 rings (SSSR count). The molecule has 7 nitrogen and oxygen atoms in total. The van der Waals surface area contributed by atoms with Gasteiger partial charge in [-0.25, -0.2) is 9.38 Å². The lowest BCUT2D eigenvalue weighted by Crippen LogP contribution is -2.48. The number of guanidine groups is 1. The first-order chi connectivity index (χ1) is 15.5. The van der Waals surface area contributed by atoms with Crippen molar-refractivity contribution in [3.63, 3.8) is 0 Å². The molecule has 1 fully saturated rings. The minimum atomic E-state index is -0.253. The fraction of sp³-hybridized carbons (Fsp3) is 0.417. The van der Waals surface area contributed by atoms with Crippen molar-refractivity contribution in [1.29, 1.82) is 0 Å². The third kappa shape index (κ3) is 8.90. The van der Waals surface area contributed by atoms with Crippen LogP contribution in [-0.2, 0) is 16.1 Å². The lowest BCUT2D eigenvalue weighted by Gasteiger charge is -2.35. The number of hydrogen-bond donors (Lipinski definition) is 2. The second-order valence-corrected chi connectivity index (χ2v) is 7.89. The Bertz CT molecular complexity index is 874. The first-order valence-corrected chi connectivity index (χ1v) is 10.9. The number of amides is 1. The van der Waals surface area contributed by atoms with Gasteiger partial charge in [0.25, 0.3) is 0 Å². The summed E-state index contributed by atoms with van der Waals surface area (Å²) in [6.45, 7) is 4.13. The first-order valence-electron chi connectivity index (χ1n) is 10.9. The highest BCUT2D eigenvalue weighted by atomic mass is 127. The number of morpholine rings is 1. The summed E-state index contributed by atoms with van der Waals surface area (Å²) < 4.78 is 19.0. The van der Waals surface area contributed by atoms with Crippen LogP contribution in [0.15, 0.2) is 59.6 Å². The Morgan fingerprint density at radius 2 is 1.76 bits per heavy atom. The molecular weight excluding hydrogens is 536 g/mol. The van der Waals surface area contributed by atoms with Crippen LogP contribution in [0.2, 0.25) is 0 Å². The van der Waals surface area contributed by atoms with Crippen molar-refractivity contribution < 1.29 is 13.9 Å². The molecule has 9 heteroatoms. The van der Waals surface area contributed by atoms with E-state index in [-0.39, 0.29) is 48.3 Å². The molecular formula is C24H33FIN5O2. The van der Waals surface area contributed by atoms with Crippen molar-refractivity contribution >= 4 is 35.8 Å². The summed E-state index contributed by atoms with van der Waals surface area (Å²) in [7, 11) is 3.45. The Labute approximate surface area is 212 Å². The highest BCUT2D eigenvalue weighted by Gasteiger charge is 2.23. The van der Waals surface area contributed by atoms with Gasteiger partial charge >= 0.3 is 0 Å². The van der Waals surface area contributed by atoms with Crippen molar-refractivity contribution in [1.82, 2.24) is 20.4 Å². The molecule has 2 aromatic rings. The van der Waals surface area contributed by atoms with Gasteiger partial charge in [0.1, 0.15) is 5.82 Å². The number of ether oxygens (including phenoxy) is 1. The molecule has 1 aliphatic rings. The Kier molecular flexibility index (Phi) is 11.6. The number of nitrogens with one attached hydrogen (secondary N) is 2. The molecule has 2 N–H and O–H groups in total. The van der Waals surface area contributed by atoms with Crippen LogP contribution in [0.25, 0.3) is 0 Å². The van der Waals surface area contributed by atoms with Gasteiger partial charge in [0.2, 0.25) is 5.91 Å². The molecule has 0 bridgehead atoms. The molecule has 1 saturated heterocycles. The molecule has 1 aliphatic heterocycles. The van der Waals surface area contributed by atoms with Gasteiger partial charge < -0.3 is 20.3 Å². The van der Waals surface area contributed by atoms with Crippen molar-refractivity contribution in [3.8, 4) is 0 Å². The summed E-state index contributed by atoms with van der Waals surface area (Å²) in [4.78, 5) is 20.6. The third-order valence-corrected chi connectivity index (χ3v) is 5.37. The van der Waals surface area contributed by atoms with Crippen LogP contribution in [0.5, 0.6) is 0 Å². The molecule has 1 atom stereocenters. The van der Waals surface area contributed by atoms with Gasteiger partial charge in [-0.3, -0.25) is 9.69 Å². The second kappa shape index (κ2) is 14.1. The van der Waals surface area contributed by atoms with Gasteiger partial charge in [0.05, 0.1) is 32.3 Å². The Morgan fingerprint density at radius 1 is 1.09 bits per heavy atom. The number of nitrogens with zero attached hydrogens (tertiary/aromatic N) is 3. The Balaban J connectivity index is 0.00000385. The van der Waals surface area contributed by atoms with Crippen LogP contribution >= 0.6 is 24.0 Å². The highest BCUT2D eigenvalue weighted by molar-refractivity contribution is 14.0. The van der Waals surface area contributed by atoms with Crippen molar-refractivity contribution in [3.05, 3.63) is 71.5 Å². The molecule has 0 saturated carbocycles. The average Bonchev–Trinajstić information content (AvgIpc) is 2.82. The van der Waals surface area contributed by atoms with Crippen LogP contribution in [0, 0.1) is 5.82 Å². The summed E-state index contributed by atoms with van der Waals surface area (Å²) in [5.41, 5.74) is 2.10. The lowest BCUT2D eigenvalue weighted by atomic mass is 10.0. The molecule has 2 aromatic carbocycles. The van der Waals surface area contributed by atoms with Crippen LogP contribution < -0.4 is 10.6 Å². The second-order valence-electron chi connectivity index (χ2n) is 7.89. The molecule has 0 aliphatic carbocycles. The van der Waals surface area contributed by atoms with E-state index in [4.69, 9.17) is 4.74 Å². The average molecular weight is 569 g/mol. The van der Waals surface area contributed by atoms with Crippen LogP contribution in [0.4, 0.5) is 4.39 Å². The standard InChI is InChI=1S/C24H32FN5O2.HI/c1-29(2)23(31)18-28-24(26-16-19-6-4-3-5-7-19)27-17-22(30-12-14-32-15-13-30)20-8-10-21(25)11-9-20;/h3-11,22H,12-18H2,1-2H3,(H2,26,27,28);1H. The van der Waals surface area contributed by atoms with Gasteiger partial charge in [-0.2, -0.15) is 0 Å². The molecule has 1 heterocycles. The fourth-order valence-electron chi connectivity index (χ4n) is 3.47. The predicted molar refractivity (Wildman–Crippen MR) is 139 cm³/mol. The van der Waals surface area contributed by atoms with Gasteiger partial charge in [0, 0.05) is 33.7 Å². The van der Waals surface area contributed by atoms with Gasteiger partial charge in [-0.1, -0.05) is 42.5 Å². The van der Waals surface area contributed by atoms with E-state index in [0.29, 0.717) is 32.3 Å². The number of aliphatic imine (C=N–C) groups is 1. The van der Waals surface area contributed by atoms with E-state index in [9.17, 15) is 9.18 Å². The van der Waals surface area contributed by atoms with E-state index in [2.05, 4.69) is 20.5 Å². The maximum Gasteiger partial charge on any atom is 0.241 e. The SMILES string of the molecule is CN(C)C(=O)CNC(=NCc1ccccc1)NCC(c1ccc(F)cc1)N1CCOCC1.I. The summed E-state index contributed by atoms with van der Waals surface area (Å²) in [5.74, 6) is 0.267. The number of benzene rings is 2. The van der Waals surface area contributed by atoms with Crippen molar-refractivity contribution in [2.75, 3.05) is 53.5 Å². The zero-order chi connectivity index (χ0) is 22.8. The molecule has 180 valence electrons. The number of rotatable bonds is 8.